The molecule has 1 aliphatic rings. The molecule has 2 rings (SSSR count). The normalized spacial score (nSPS) is 17.5. The number of urea groups is 1. The molecule has 0 bridgehead atoms. The lowest BCUT2D eigenvalue weighted by atomic mass is 10.2. The number of ether oxygens (including phenoxy) is 2. The number of carbonyl (C=O) groups is 1. The highest BCUT2D eigenvalue weighted by molar-refractivity contribution is 7.88. The van der Waals surface area contributed by atoms with Gasteiger partial charge in [-0.1, -0.05) is 12.1 Å². The Morgan fingerprint density at radius 3 is 2.84 bits per heavy atom. The van der Waals surface area contributed by atoms with E-state index in [9.17, 15) is 13.2 Å². The predicted molar refractivity (Wildman–Crippen MR) is 95.4 cm³/mol. The molecule has 140 valence electrons. The average Bonchev–Trinajstić information content (AvgIpc) is 3.06. The zero-order chi connectivity index (χ0) is 18.3. The number of hydrogen-bond acceptors (Lipinski definition) is 5. The molecule has 1 fully saturated rings. The largest absolute Gasteiger partial charge is 0.489 e. The second-order valence-corrected chi connectivity index (χ2v) is 8.00. The van der Waals surface area contributed by atoms with Crippen LogP contribution < -0.4 is 15.4 Å². The quantitative estimate of drug-likeness (QED) is 0.717. The summed E-state index contributed by atoms with van der Waals surface area (Å²) >= 11 is 0. The Morgan fingerprint density at radius 1 is 1.40 bits per heavy atom. The highest BCUT2D eigenvalue weighted by atomic mass is 32.2. The third-order valence-corrected chi connectivity index (χ3v) is 5.18. The molecule has 8 nitrogen and oxygen atoms in total. The summed E-state index contributed by atoms with van der Waals surface area (Å²) in [5, 5.41) is 5.34. The van der Waals surface area contributed by atoms with E-state index in [4.69, 9.17) is 9.47 Å². The first-order chi connectivity index (χ1) is 11.9. The van der Waals surface area contributed by atoms with Gasteiger partial charge in [-0.3, -0.25) is 0 Å². The summed E-state index contributed by atoms with van der Waals surface area (Å²) in [7, 11) is -1.79. The van der Waals surface area contributed by atoms with Gasteiger partial charge in [0.1, 0.15) is 12.4 Å². The minimum absolute atomic E-state index is 0.0911. The van der Waals surface area contributed by atoms with Crippen LogP contribution in [0, 0.1) is 0 Å². The Balaban J connectivity index is 1.81. The van der Waals surface area contributed by atoms with E-state index in [0.29, 0.717) is 18.0 Å². The molecule has 9 heteroatoms. The molecule has 1 aliphatic heterocycles. The lowest BCUT2D eigenvalue weighted by Gasteiger charge is -2.16. The van der Waals surface area contributed by atoms with Gasteiger partial charge in [0.05, 0.1) is 18.0 Å². The average molecular weight is 371 g/mol. The number of hydrogen-bond donors (Lipinski definition) is 2. The van der Waals surface area contributed by atoms with Crippen molar-refractivity contribution in [1.29, 1.82) is 0 Å². The zero-order valence-corrected chi connectivity index (χ0v) is 15.3. The highest BCUT2D eigenvalue weighted by Gasteiger charge is 2.17. The van der Waals surface area contributed by atoms with E-state index in [1.54, 1.807) is 18.2 Å². The van der Waals surface area contributed by atoms with Gasteiger partial charge in [-0.2, -0.15) is 0 Å². The second-order valence-electron chi connectivity index (χ2n) is 5.91. The van der Waals surface area contributed by atoms with Gasteiger partial charge in [0, 0.05) is 26.7 Å². The first-order valence-electron chi connectivity index (χ1n) is 8.16. The highest BCUT2D eigenvalue weighted by Crippen LogP contribution is 2.24. The molecule has 0 aliphatic carbocycles. The number of carbonyl (C=O) groups excluding carboxylic acids is 1. The zero-order valence-electron chi connectivity index (χ0n) is 14.5. The molecule has 0 spiro atoms. The van der Waals surface area contributed by atoms with Gasteiger partial charge < -0.3 is 20.1 Å². The smallest absolute Gasteiger partial charge is 0.319 e. The third kappa shape index (κ3) is 6.52. The van der Waals surface area contributed by atoms with Crippen LogP contribution in [0.4, 0.5) is 10.5 Å². The molecule has 1 aromatic rings. The molecule has 1 heterocycles. The van der Waals surface area contributed by atoms with Crippen LogP contribution in [0.1, 0.15) is 12.8 Å². The van der Waals surface area contributed by atoms with E-state index in [2.05, 4.69) is 10.6 Å². The van der Waals surface area contributed by atoms with Crippen LogP contribution in [0.15, 0.2) is 24.3 Å². The molecule has 2 N–H and O–H groups in total. The second kappa shape index (κ2) is 9.02. The summed E-state index contributed by atoms with van der Waals surface area (Å²) in [6.07, 6.45) is 3.23. The number of anilines is 1. The van der Waals surface area contributed by atoms with Crippen molar-refractivity contribution >= 4 is 21.7 Å². The van der Waals surface area contributed by atoms with Crippen LogP contribution >= 0.6 is 0 Å². The molecule has 2 amide bonds. The number of likely N-dealkylation sites (N-methyl/N-ethyl adjacent to an activating group) is 1. The maximum absolute atomic E-state index is 12.0. The van der Waals surface area contributed by atoms with Crippen molar-refractivity contribution in [1.82, 2.24) is 9.62 Å². The number of sulfonamides is 1. The Morgan fingerprint density at radius 2 is 2.16 bits per heavy atom. The first kappa shape index (κ1) is 19.5. The Kier molecular flexibility index (Phi) is 7.03. The standard InChI is InChI=1S/C16H25N3O5S/c1-19(25(2,21)22)10-9-17-16(20)18-14-7-3-4-8-15(14)24-12-13-6-5-11-23-13/h3-4,7-8,13H,5-6,9-12H2,1-2H3,(H2,17,18,20). The van der Waals surface area contributed by atoms with Crippen LogP contribution in [-0.2, 0) is 14.8 Å². The van der Waals surface area contributed by atoms with E-state index in [1.807, 2.05) is 6.07 Å². The number of rotatable bonds is 8. The van der Waals surface area contributed by atoms with Crippen molar-refractivity contribution in [3.05, 3.63) is 24.3 Å². The van der Waals surface area contributed by atoms with E-state index >= 15 is 0 Å². The summed E-state index contributed by atoms with van der Waals surface area (Å²) in [6, 6.07) is 6.73. The maximum Gasteiger partial charge on any atom is 0.319 e. The van der Waals surface area contributed by atoms with Crippen molar-refractivity contribution in [2.45, 2.75) is 18.9 Å². The van der Waals surface area contributed by atoms with E-state index in [1.165, 1.54) is 11.4 Å². The summed E-state index contributed by atoms with van der Waals surface area (Å²) in [5.74, 6) is 0.571. The van der Waals surface area contributed by atoms with Gasteiger partial charge in [0.15, 0.2) is 0 Å². The van der Waals surface area contributed by atoms with Crippen LogP contribution in [0.25, 0.3) is 0 Å². The van der Waals surface area contributed by atoms with Gasteiger partial charge in [-0.15, -0.1) is 0 Å². The SMILES string of the molecule is CN(CCNC(=O)Nc1ccccc1OCC1CCCO1)S(C)(=O)=O. The lowest BCUT2D eigenvalue weighted by Crippen LogP contribution is -2.37. The van der Waals surface area contributed by atoms with Crippen LogP contribution in [0.5, 0.6) is 5.75 Å². The van der Waals surface area contributed by atoms with Gasteiger partial charge in [0.2, 0.25) is 10.0 Å². The Hall–Kier alpha value is -1.84. The van der Waals surface area contributed by atoms with Crippen molar-refractivity contribution in [3.63, 3.8) is 0 Å². The number of benzene rings is 1. The van der Waals surface area contributed by atoms with Gasteiger partial charge in [0.25, 0.3) is 0 Å². The van der Waals surface area contributed by atoms with Gasteiger partial charge in [-0.25, -0.2) is 17.5 Å². The minimum Gasteiger partial charge on any atom is -0.489 e. The van der Waals surface area contributed by atoms with Crippen molar-refractivity contribution in [2.75, 3.05) is 44.9 Å². The first-order valence-corrected chi connectivity index (χ1v) is 10.0. The number of nitrogens with one attached hydrogen (secondary N) is 2. The van der Waals surface area contributed by atoms with E-state index in [0.717, 1.165) is 25.7 Å². The number of nitrogens with zero attached hydrogens (tertiary/aromatic N) is 1. The van der Waals surface area contributed by atoms with E-state index < -0.39 is 16.1 Å². The van der Waals surface area contributed by atoms with Crippen LogP contribution in [-0.4, -0.2) is 64.5 Å². The molecule has 1 saturated heterocycles. The molecule has 25 heavy (non-hydrogen) atoms. The van der Waals surface area contributed by atoms with Crippen molar-refractivity contribution < 1.29 is 22.7 Å². The lowest BCUT2D eigenvalue weighted by molar-refractivity contribution is 0.0682. The fourth-order valence-electron chi connectivity index (χ4n) is 2.31. The predicted octanol–water partition coefficient (Wildman–Crippen LogP) is 1.26. The minimum atomic E-state index is -3.25. The number of amides is 2. The monoisotopic (exact) mass is 371 g/mol. The van der Waals surface area contributed by atoms with Gasteiger partial charge in [-0.05, 0) is 25.0 Å². The maximum atomic E-state index is 12.0. The van der Waals surface area contributed by atoms with Crippen LogP contribution in [0.3, 0.4) is 0 Å². The molecule has 0 aromatic heterocycles. The summed E-state index contributed by atoms with van der Waals surface area (Å²) in [4.78, 5) is 12.0. The summed E-state index contributed by atoms with van der Waals surface area (Å²) in [6.45, 7) is 1.61. The molecular weight excluding hydrogens is 346 g/mol. The summed E-state index contributed by atoms with van der Waals surface area (Å²) in [5.41, 5.74) is 0.550. The van der Waals surface area contributed by atoms with Crippen molar-refractivity contribution in [2.24, 2.45) is 0 Å². The molecule has 0 radical (unpaired) electrons. The fourth-order valence-corrected chi connectivity index (χ4v) is 2.74. The molecule has 1 aromatic carbocycles. The topological polar surface area (TPSA) is 97.0 Å². The summed E-state index contributed by atoms with van der Waals surface area (Å²) < 4.78 is 35.0. The van der Waals surface area contributed by atoms with E-state index in [-0.39, 0.29) is 19.2 Å². The Bertz CT molecular complexity index is 674. The molecule has 1 unspecified atom stereocenters. The Labute approximate surface area is 148 Å². The third-order valence-electron chi connectivity index (χ3n) is 3.86. The molecular formula is C16H25N3O5S. The molecule has 0 saturated carbocycles. The van der Waals surface area contributed by atoms with Crippen LogP contribution in [0.2, 0.25) is 0 Å². The number of para-hydroxylation sites is 2. The van der Waals surface area contributed by atoms with Gasteiger partial charge >= 0.3 is 6.03 Å². The fraction of sp³-hybridized carbons (Fsp3) is 0.562. The van der Waals surface area contributed by atoms with Crippen molar-refractivity contribution in [3.8, 4) is 5.75 Å². The molecule has 1 atom stereocenters.